The van der Waals surface area contributed by atoms with Gasteiger partial charge in [0.05, 0.1) is 24.2 Å². The number of unbranched alkanes of at least 4 members (excludes halogenated alkanes) is 9. The number of rotatable bonds is 15. The Morgan fingerprint density at radius 1 is 0.885 bits per heavy atom. The minimum absolute atomic E-state index is 0. The number of ether oxygens (including phenoxy) is 1. The monoisotopic (exact) mass is 442 g/mol. The Morgan fingerprint density at radius 2 is 1.31 bits per heavy atom. The third-order valence-corrected chi connectivity index (χ3v) is 4.78. The van der Waals surface area contributed by atoms with Crippen molar-refractivity contribution in [3.63, 3.8) is 0 Å². The third-order valence-electron chi connectivity index (χ3n) is 3.72. The molecule has 7 nitrogen and oxygen atoms in total. The molecule has 26 heavy (non-hydrogen) atoms. The van der Waals surface area contributed by atoms with Gasteiger partial charge in [-0.1, -0.05) is 64.7 Å². The zero-order valence-corrected chi connectivity index (χ0v) is 23.4. The molecule has 0 aromatic rings. The fraction of sp³-hybridized carbons (Fsp3) is 0.875. The van der Waals surface area contributed by atoms with Crippen molar-refractivity contribution >= 4 is 22.1 Å². The summed E-state index contributed by atoms with van der Waals surface area (Å²) in [6.07, 6.45) is 10.2. The van der Waals surface area contributed by atoms with Crippen molar-refractivity contribution < 1.29 is 135 Å². The molecule has 0 aromatic carbocycles. The minimum atomic E-state index is -5.13. The van der Waals surface area contributed by atoms with Crippen molar-refractivity contribution in [2.75, 3.05) is 6.61 Å². The van der Waals surface area contributed by atoms with Gasteiger partial charge in [-0.3, -0.25) is 4.79 Å². The van der Waals surface area contributed by atoms with E-state index in [0.29, 0.717) is 6.42 Å². The molecule has 1 atom stereocenters. The van der Waals surface area contributed by atoms with Gasteiger partial charge in [-0.15, -0.1) is 0 Å². The molecular weight excluding hydrogens is 414 g/mol. The molecule has 0 saturated carbocycles. The van der Waals surface area contributed by atoms with Gasteiger partial charge in [-0.25, -0.2) is 8.42 Å². The maximum absolute atomic E-state index is 11.3. The normalized spacial score (nSPS) is 11.8. The van der Waals surface area contributed by atoms with Crippen molar-refractivity contribution in [2.24, 2.45) is 0 Å². The second-order valence-electron chi connectivity index (χ2n) is 5.91. The summed E-state index contributed by atoms with van der Waals surface area (Å²) in [7, 11) is -5.13. The van der Waals surface area contributed by atoms with E-state index in [2.05, 4.69) is 6.92 Å². The van der Waals surface area contributed by atoms with Gasteiger partial charge in [0.2, 0.25) is 0 Å². The number of esters is 1. The zero-order chi connectivity index (χ0) is 18.4. The van der Waals surface area contributed by atoms with Crippen LogP contribution in [0.25, 0.3) is 0 Å². The van der Waals surface area contributed by atoms with Crippen molar-refractivity contribution in [3.8, 4) is 0 Å². The Hall–Kier alpha value is 2.12. The van der Waals surface area contributed by atoms with Gasteiger partial charge in [0.1, 0.15) is 10.1 Å². The van der Waals surface area contributed by atoms with Gasteiger partial charge in [0.15, 0.2) is 0 Å². The summed E-state index contributed by atoms with van der Waals surface area (Å²) >= 11 is 0. The maximum Gasteiger partial charge on any atom is 1.00 e. The first-order valence-electron chi connectivity index (χ1n) is 8.60. The topological polar surface area (TPSA) is 124 Å². The predicted octanol–water partition coefficient (Wildman–Crippen LogP) is -4.49. The summed E-state index contributed by atoms with van der Waals surface area (Å²) in [5, 5.41) is 8.15. The van der Waals surface area contributed by atoms with Crippen LogP contribution in [-0.4, -0.2) is 36.8 Å². The summed E-state index contributed by atoms with van der Waals surface area (Å²) in [6.45, 7) is 2.28. The van der Waals surface area contributed by atoms with E-state index < -0.39 is 33.7 Å². The van der Waals surface area contributed by atoms with E-state index in [1.165, 1.54) is 38.5 Å². The number of hydrogen-bond acceptors (Lipinski definition) is 7. The molecule has 0 rings (SSSR count). The van der Waals surface area contributed by atoms with Crippen LogP contribution in [0.5, 0.6) is 0 Å². The molecule has 142 valence electrons. The number of carboxylic acid groups (broad SMARTS) is 1. The van der Waals surface area contributed by atoms with E-state index in [4.69, 9.17) is 4.74 Å². The first kappa shape index (κ1) is 32.8. The van der Waals surface area contributed by atoms with E-state index in [0.717, 1.165) is 19.3 Å². The van der Waals surface area contributed by atoms with Gasteiger partial charge >= 0.3 is 109 Å². The summed E-state index contributed by atoms with van der Waals surface area (Å²) < 4.78 is 36.8. The van der Waals surface area contributed by atoms with Crippen molar-refractivity contribution in [1.29, 1.82) is 0 Å². The fourth-order valence-electron chi connectivity index (χ4n) is 2.29. The Morgan fingerprint density at radius 3 is 1.69 bits per heavy atom. The number of hydrogen-bond donors (Lipinski definition) is 0. The van der Waals surface area contributed by atoms with Crippen LogP contribution in [0.1, 0.15) is 77.6 Å². The maximum atomic E-state index is 11.3. The van der Waals surface area contributed by atoms with Crippen LogP contribution in [0.2, 0.25) is 0 Å². The van der Waals surface area contributed by atoms with E-state index in [1.54, 1.807) is 0 Å². The molecule has 0 aliphatic carbocycles. The van der Waals surface area contributed by atoms with Gasteiger partial charge in [-0.05, 0) is 6.42 Å². The Labute approximate surface area is 242 Å². The number of carboxylic acids is 1. The Kier molecular flexibility index (Phi) is 25.7. The fourth-order valence-corrected chi connectivity index (χ4v) is 2.86. The summed E-state index contributed by atoms with van der Waals surface area (Å²) in [6, 6.07) is 0. The molecule has 0 aliphatic rings. The van der Waals surface area contributed by atoms with Crippen LogP contribution >= 0.6 is 0 Å². The van der Waals surface area contributed by atoms with Crippen LogP contribution in [0, 0.1) is 0 Å². The Balaban J connectivity index is -0.00000264. The zero-order valence-electron chi connectivity index (χ0n) is 16.3. The quantitative estimate of drug-likeness (QED) is 0.108. The van der Waals surface area contributed by atoms with Crippen LogP contribution in [0.15, 0.2) is 0 Å². The molecule has 0 aromatic heterocycles. The summed E-state index contributed by atoms with van der Waals surface area (Å²) in [5.41, 5.74) is 0. The molecule has 0 heterocycles. The van der Waals surface area contributed by atoms with E-state index in [-0.39, 0.29) is 109 Å². The molecule has 1 unspecified atom stereocenters. The number of aliphatic carboxylic acids is 1. The standard InChI is InChI=1S/C16H30O7S.2K/c1-2-3-4-5-6-7-8-9-10-11-12-23-15(17)13-14(16(18)19)24(20,21)22;;/h14H,2-13H2,1H3,(H,18,19)(H,20,21,22);;/q;2*+1/p-2. The van der Waals surface area contributed by atoms with Crippen LogP contribution < -0.4 is 108 Å². The summed E-state index contributed by atoms with van der Waals surface area (Å²) in [5.74, 6) is -3.10. The molecule has 0 N–H and O–H groups in total. The SMILES string of the molecule is CCCCCCCCCCCCOC(=O)CC(C(=O)[O-])S(=O)(=O)[O-].[K+].[K+]. The smallest absolute Gasteiger partial charge is 0.747 e. The Bertz CT molecular complexity index is 469. The van der Waals surface area contributed by atoms with Crippen LogP contribution in [0.3, 0.4) is 0 Å². The van der Waals surface area contributed by atoms with E-state index in [9.17, 15) is 27.7 Å². The molecule has 0 bridgehead atoms. The number of carbonyl (C=O) groups excluding carboxylic acids is 2. The first-order chi connectivity index (χ1) is 11.3. The second-order valence-corrected chi connectivity index (χ2v) is 7.46. The van der Waals surface area contributed by atoms with Gasteiger partial charge in [0.25, 0.3) is 0 Å². The predicted molar refractivity (Wildman–Crippen MR) is 85.9 cm³/mol. The van der Waals surface area contributed by atoms with Crippen molar-refractivity contribution in [1.82, 2.24) is 0 Å². The third kappa shape index (κ3) is 19.4. The molecule has 10 heteroatoms. The molecule has 0 fully saturated rings. The van der Waals surface area contributed by atoms with Gasteiger partial charge in [0, 0.05) is 0 Å². The second kappa shape index (κ2) is 20.4. The van der Waals surface area contributed by atoms with Crippen molar-refractivity contribution in [3.05, 3.63) is 0 Å². The van der Waals surface area contributed by atoms with Gasteiger partial charge < -0.3 is 19.2 Å². The minimum Gasteiger partial charge on any atom is -0.747 e. The number of carbonyl (C=O) groups is 2. The molecule has 0 spiro atoms. The summed E-state index contributed by atoms with van der Waals surface area (Å²) in [4.78, 5) is 21.9. The molecule has 0 aliphatic heterocycles. The first-order valence-corrected chi connectivity index (χ1v) is 10.1. The molecule has 0 saturated heterocycles. The molecule has 0 amide bonds. The average Bonchev–Trinajstić information content (AvgIpc) is 2.48. The van der Waals surface area contributed by atoms with Crippen LogP contribution in [0.4, 0.5) is 0 Å². The van der Waals surface area contributed by atoms with Crippen molar-refractivity contribution in [2.45, 2.75) is 82.8 Å². The van der Waals surface area contributed by atoms with Gasteiger partial charge in [-0.2, -0.15) is 0 Å². The van der Waals surface area contributed by atoms with Crippen LogP contribution in [-0.2, 0) is 24.4 Å². The van der Waals surface area contributed by atoms with E-state index in [1.807, 2.05) is 0 Å². The average molecular weight is 443 g/mol. The largest absolute Gasteiger partial charge is 1.00 e. The molecule has 0 radical (unpaired) electrons. The van der Waals surface area contributed by atoms with E-state index >= 15 is 0 Å². The molecular formula is C16H28K2O7S.